The lowest BCUT2D eigenvalue weighted by atomic mass is 9.66. The van der Waals surface area contributed by atoms with Crippen molar-refractivity contribution in [2.24, 2.45) is 20.8 Å². The maximum Gasteiger partial charge on any atom is 0.103 e. The van der Waals surface area contributed by atoms with E-state index in [1.165, 1.54) is 0 Å². The van der Waals surface area contributed by atoms with Crippen molar-refractivity contribution < 1.29 is 0 Å². The minimum Gasteiger partial charge on any atom is -0.372 e. The molecule has 0 aromatic heterocycles. The van der Waals surface area contributed by atoms with Gasteiger partial charge < -0.3 is 10.6 Å². The zero-order chi connectivity index (χ0) is 11.8. The van der Waals surface area contributed by atoms with Gasteiger partial charge in [0, 0.05) is 23.9 Å². The number of aliphatic imine (C=N–C) groups is 2. The van der Waals surface area contributed by atoms with Crippen molar-refractivity contribution in [3.05, 3.63) is 0 Å². The zero-order valence-electron chi connectivity index (χ0n) is 10.7. The van der Waals surface area contributed by atoms with Gasteiger partial charge in [0.15, 0.2) is 0 Å². The zero-order valence-corrected chi connectivity index (χ0v) is 10.7. The van der Waals surface area contributed by atoms with Crippen LogP contribution in [0.4, 0.5) is 0 Å². The van der Waals surface area contributed by atoms with Crippen LogP contribution >= 0.6 is 0 Å². The van der Waals surface area contributed by atoms with Gasteiger partial charge in [-0.05, 0) is 0 Å². The molecule has 2 aliphatic rings. The van der Waals surface area contributed by atoms with Gasteiger partial charge in [0.1, 0.15) is 11.7 Å². The summed E-state index contributed by atoms with van der Waals surface area (Å²) in [4.78, 5) is 9.14. The first-order valence-electron chi connectivity index (χ1n) is 6.04. The molecule has 0 aromatic carbocycles. The van der Waals surface area contributed by atoms with E-state index in [4.69, 9.17) is 0 Å². The lowest BCUT2D eigenvalue weighted by Crippen LogP contribution is -2.51. The number of rotatable bonds is 3. The topological polar surface area (TPSA) is 48.8 Å². The molecule has 0 aromatic rings. The predicted octanol–water partition coefficient (Wildman–Crippen LogP) is 1.04. The molecule has 0 amide bonds. The summed E-state index contributed by atoms with van der Waals surface area (Å²) >= 11 is 0. The maximum atomic E-state index is 4.57. The first-order chi connectivity index (χ1) is 7.46. The van der Waals surface area contributed by atoms with Crippen molar-refractivity contribution in [2.75, 3.05) is 26.2 Å². The van der Waals surface area contributed by atoms with E-state index >= 15 is 0 Å². The minimum atomic E-state index is -0.0142. The van der Waals surface area contributed by atoms with E-state index in [1.807, 2.05) is 0 Å². The first-order valence-corrected chi connectivity index (χ1v) is 6.04. The Morgan fingerprint density at radius 1 is 0.812 bits per heavy atom. The Hall–Kier alpha value is -1.06. The van der Waals surface area contributed by atoms with Gasteiger partial charge in [0.05, 0.1) is 13.1 Å². The van der Waals surface area contributed by atoms with Crippen LogP contribution in [0.2, 0.25) is 0 Å². The fourth-order valence-corrected chi connectivity index (χ4v) is 2.23. The number of hydrogen-bond donors (Lipinski definition) is 2. The summed E-state index contributed by atoms with van der Waals surface area (Å²) in [6.45, 7) is 12.7. The van der Waals surface area contributed by atoms with Gasteiger partial charge in [-0.25, -0.2) is 0 Å². The molecule has 2 rings (SSSR count). The molecule has 90 valence electrons. The van der Waals surface area contributed by atoms with E-state index in [2.05, 4.69) is 48.3 Å². The molecule has 2 N–H and O–H groups in total. The molecule has 4 heteroatoms. The molecular weight excluding hydrogens is 200 g/mol. The average molecular weight is 222 g/mol. The van der Waals surface area contributed by atoms with Crippen LogP contribution in [0.1, 0.15) is 27.7 Å². The fraction of sp³-hybridized carbons (Fsp3) is 0.833. The normalized spacial score (nSPS) is 21.2. The summed E-state index contributed by atoms with van der Waals surface area (Å²) < 4.78 is 0. The highest BCUT2D eigenvalue weighted by molar-refractivity contribution is 5.98. The Balaban J connectivity index is 2.27. The monoisotopic (exact) mass is 222 g/mol. The highest BCUT2D eigenvalue weighted by Crippen LogP contribution is 2.41. The van der Waals surface area contributed by atoms with Gasteiger partial charge in [-0.2, -0.15) is 0 Å². The second kappa shape index (κ2) is 3.75. The molecular formula is C12H22N4. The van der Waals surface area contributed by atoms with Crippen molar-refractivity contribution in [3.63, 3.8) is 0 Å². The molecule has 2 heterocycles. The van der Waals surface area contributed by atoms with Gasteiger partial charge in [0.2, 0.25) is 0 Å². The molecule has 2 aliphatic heterocycles. The van der Waals surface area contributed by atoms with Crippen LogP contribution in [0.3, 0.4) is 0 Å². The van der Waals surface area contributed by atoms with Gasteiger partial charge in [0.25, 0.3) is 0 Å². The van der Waals surface area contributed by atoms with Crippen molar-refractivity contribution in [3.8, 4) is 0 Å². The van der Waals surface area contributed by atoms with Crippen molar-refractivity contribution in [1.82, 2.24) is 10.6 Å². The molecule has 0 bridgehead atoms. The Labute approximate surface area is 97.6 Å². The third-order valence-electron chi connectivity index (χ3n) is 4.09. The third-order valence-corrected chi connectivity index (χ3v) is 4.09. The molecule has 0 saturated heterocycles. The van der Waals surface area contributed by atoms with E-state index in [-0.39, 0.29) is 10.8 Å². The Morgan fingerprint density at radius 3 is 1.44 bits per heavy atom. The predicted molar refractivity (Wildman–Crippen MR) is 68.2 cm³/mol. The lowest BCUT2D eigenvalue weighted by Gasteiger charge is -2.41. The van der Waals surface area contributed by atoms with Gasteiger partial charge in [-0.1, -0.05) is 27.7 Å². The van der Waals surface area contributed by atoms with Crippen molar-refractivity contribution in [1.29, 1.82) is 0 Å². The second-order valence-corrected chi connectivity index (χ2v) is 5.56. The number of nitrogens with one attached hydrogen (secondary N) is 2. The average Bonchev–Trinajstić information content (AvgIpc) is 2.91. The van der Waals surface area contributed by atoms with E-state index in [0.717, 1.165) is 37.9 Å². The Kier molecular flexibility index (Phi) is 2.68. The summed E-state index contributed by atoms with van der Waals surface area (Å²) in [5, 5.41) is 6.79. The Bertz CT molecular complexity index is 305. The van der Waals surface area contributed by atoms with Crippen LogP contribution in [0, 0.1) is 10.8 Å². The summed E-state index contributed by atoms with van der Waals surface area (Å²) in [6, 6.07) is 0. The highest BCUT2D eigenvalue weighted by atomic mass is 15.1. The van der Waals surface area contributed by atoms with Gasteiger partial charge in [-0.15, -0.1) is 0 Å². The van der Waals surface area contributed by atoms with Gasteiger partial charge in [-0.3, -0.25) is 9.98 Å². The number of hydrogen-bond acceptors (Lipinski definition) is 4. The molecule has 0 radical (unpaired) electrons. The molecule has 0 atom stereocenters. The molecule has 16 heavy (non-hydrogen) atoms. The SMILES string of the molecule is CC(C)(C1=NCCN1)C(C)(C)C1=NCCN1. The quantitative estimate of drug-likeness (QED) is 0.749. The van der Waals surface area contributed by atoms with E-state index in [9.17, 15) is 0 Å². The van der Waals surface area contributed by atoms with E-state index in [0.29, 0.717) is 0 Å². The molecule has 0 saturated carbocycles. The summed E-state index contributed by atoms with van der Waals surface area (Å²) in [5.74, 6) is 2.24. The summed E-state index contributed by atoms with van der Waals surface area (Å²) in [7, 11) is 0. The smallest absolute Gasteiger partial charge is 0.103 e. The van der Waals surface area contributed by atoms with E-state index in [1.54, 1.807) is 0 Å². The second-order valence-electron chi connectivity index (χ2n) is 5.56. The van der Waals surface area contributed by atoms with Crippen LogP contribution in [-0.4, -0.2) is 37.9 Å². The largest absolute Gasteiger partial charge is 0.372 e. The summed E-state index contributed by atoms with van der Waals surface area (Å²) in [6.07, 6.45) is 0. The molecule has 0 aliphatic carbocycles. The van der Waals surface area contributed by atoms with Crippen LogP contribution in [-0.2, 0) is 0 Å². The molecule has 0 spiro atoms. The van der Waals surface area contributed by atoms with Crippen LogP contribution in [0.5, 0.6) is 0 Å². The third kappa shape index (κ3) is 1.60. The minimum absolute atomic E-state index is 0.0142. The first kappa shape index (κ1) is 11.4. The van der Waals surface area contributed by atoms with Crippen LogP contribution in [0.15, 0.2) is 9.98 Å². The lowest BCUT2D eigenvalue weighted by molar-refractivity contribution is 0.276. The van der Waals surface area contributed by atoms with Gasteiger partial charge >= 0.3 is 0 Å². The van der Waals surface area contributed by atoms with Crippen molar-refractivity contribution >= 4 is 11.7 Å². The maximum absolute atomic E-state index is 4.57. The Morgan fingerprint density at radius 2 is 1.19 bits per heavy atom. The molecule has 0 unspecified atom stereocenters. The van der Waals surface area contributed by atoms with E-state index < -0.39 is 0 Å². The standard InChI is InChI=1S/C12H22N4/c1-11(2,9-13-5-6-14-9)12(3,4)10-15-7-8-16-10/h5-8H2,1-4H3,(H,13,14)(H,15,16). The summed E-state index contributed by atoms with van der Waals surface area (Å²) in [5.41, 5.74) is -0.0284. The fourth-order valence-electron chi connectivity index (χ4n) is 2.23. The number of amidine groups is 2. The molecule has 0 fully saturated rings. The van der Waals surface area contributed by atoms with Crippen LogP contribution < -0.4 is 10.6 Å². The van der Waals surface area contributed by atoms with Crippen molar-refractivity contribution in [2.45, 2.75) is 27.7 Å². The van der Waals surface area contributed by atoms with Crippen LogP contribution in [0.25, 0.3) is 0 Å². The highest BCUT2D eigenvalue weighted by Gasteiger charge is 2.46. The molecule has 4 nitrogen and oxygen atoms in total. The number of nitrogens with zero attached hydrogens (tertiary/aromatic N) is 2.